The van der Waals surface area contributed by atoms with E-state index < -0.39 is 0 Å². The fourth-order valence-electron chi connectivity index (χ4n) is 1.33. The molecule has 2 rings (SSSR count). The van der Waals surface area contributed by atoms with Crippen LogP contribution in [0.15, 0.2) is 35.2 Å². The zero-order valence-electron chi connectivity index (χ0n) is 9.34. The molecule has 0 aromatic carbocycles. The van der Waals surface area contributed by atoms with Crippen molar-refractivity contribution in [2.45, 2.75) is 6.54 Å². The molecule has 88 valence electrons. The minimum absolute atomic E-state index is 0.366. The Morgan fingerprint density at radius 1 is 1.47 bits per heavy atom. The van der Waals surface area contributed by atoms with E-state index in [0.29, 0.717) is 12.1 Å². The van der Waals surface area contributed by atoms with Crippen molar-refractivity contribution in [1.82, 2.24) is 4.98 Å². The second-order valence-corrected chi connectivity index (χ2v) is 4.18. The maximum atomic E-state index is 11.2. The molecule has 0 saturated carbocycles. The third kappa shape index (κ3) is 3.04. The Morgan fingerprint density at radius 2 is 2.35 bits per heavy atom. The average molecular weight is 248 g/mol. The van der Waals surface area contributed by atoms with Crippen LogP contribution in [0.1, 0.15) is 16.1 Å². The van der Waals surface area contributed by atoms with Gasteiger partial charge in [0.1, 0.15) is 0 Å². The molecule has 0 aliphatic carbocycles. The zero-order chi connectivity index (χ0) is 12.1. The van der Waals surface area contributed by atoms with Gasteiger partial charge in [-0.05, 0) is 23.6 Å². The second kappa shape index (κ2) is 5.45. The van der Waals surface area contributed by atoms with Crippen molar-refractivity contribution >= 4 is 23.0 Å². The molecule has 0 radical (unpaired) electrons. The molecule has 0 fully saturated rings. The topological polar surface area (TPSA) is 51.2 Å². The van der Waals surface area contributed by atoms with Crippen LogP contribution in [0.5, 0.6) is 0 Å². The number of ether oxygens (including phenoxy) is 1. The van der Waals surface area contributed by atoms with Gasteiger partial charge in [-0.25, -0.2) is 4.79 Å². The number of nitrogens with one attached hydrogen (secondary N) is 1. The lowest BCUT2D eigenvalue weighted by molar-refractivity contribution is 0.0600. The van der Waals surface area contributed by atoms with E-state index in [9.17, 15) is 4.79 Å². The van der Waals surface area contributed by atoms with Crippen LogP contribution in [0.4, 0.5) is 5.69 Å². The molecule has 0 amide bonds. The quantitative estimate of drug-likeness (QED) is 0.845. The van der Waals surface area contributed by atoms with Gasteiger partial charge in [0, 0.05) is 17.3 Å². The molecule has 0 aliphatic heterocycles. The Morgan fingerprint density at radius 3 is 2.94 bits per heavy atom. The number of thiophene rings is 1. The Kier molecular flexibility index (Phi) is 3.72. The van der Waals surface area contributed by atoms with Gasteiger partial charge in [0.05, 0.1) is 24.9 Å². The Hall–Kier alpha value is -1.88. The molecule has 2 heterocycles. The van der Waals surface area contributed by atoms with Crippen LogP contribution in [0.25, 0.3) is 0 Å². The van der Waals surface area contributed by atoms with Gasteiger partial charge in [-0.3, -0.25) is 4.98 Å². The van der Waals surface area contributed by atoms with Gasteiger partial charge in [0.15, 0.2) is 0 Å². The third-order valence-corrected chi connectivity index (χ3v) is 2.92. The number of esters is 1. The molecule has 17 heavy (non-hydrogen) atoms. The molecule has 2 aromatic heterocycles. The Balaban J connectivity index is 1.96. The highest BCUT2D eigenvalue weighted by molar-refractivity contribution is 7.08. The van der Waals surface area contributed by atoms with E-state index in [1.54, 1.807) is 17.4 Å². The molecular formula is C12H12N2O2S. The summed E-state index contributed by atoms with van der Waals surface area (Å²) in [5.74, 6) is -0.366. The summed E-state index contributed by atoms with van der Waals surface area (Å²) in [7, 11) is 1.36. The minimum Gasteiger partial charge on any atom is -0.465 e. The molecule has 5 heteroatoms. The van der Waals surface area contributed by atoms with Crippen molar-refractivity contribution in [2.24, 2.45) is 0 Å². The normalized spacial score (nSPS) is 9.94. The first kappa shape index (κ1) is 11.6. The Labute approximate surface area is 103 Å². The number of nitrogens with zero attached hydrogens (tertiary/aromatic N) is 1. The lowest BCUT2D eigenvalue weighted by Crippen LogP contribution is -2.04. The van der Waals surface area contributed by atoms with Crippen molar-refractivity contribution in [2.75, 3.05) is 12.4 Å². The van der Waals surface area contributed by atoms with Crippen LogP contribution in [0, 0.1) is 0 Å². The van der Waals surface area contributed by atoms with Crippen molar-refractivity contribution in [3.8, 4) is 0 Å². The first-order valence-electron chi connectivity index (χ1n) is 5.09. The standard InChI is InChI=1S/C12H12N2O2S/c1-16-12(15)9-2-3-10(13-6-9)7-14-11-4-5-17-8-11/h2-6,8,14H,7H2,1H3. The number of carbonyl (C=O) groups excluding carboxylic acids is 1. The summed E-state index contributed by atoms with van der Waals surface area (Å²) in [5, 5.41) is 7.28. The number of rotatable bonds is 4. The Bertz CT molecular complexity index is 480. The molecule has 0 unspecified atom stereocenters. The van der Waals surface area contributed by atoms with E-state index in [2.05, 4.69) is 15.0 Å². The average Bonchev–Trinajstić information content (AvgIpc) is 2.89. The van der Waals surface area contributed by atoms with Gasteiger partial charge in [-0.2, -0.15) is 11.3 Å². The van der Waals surface area contributed by atoms with Crippen LogP contribution < -0.4 is 5.32 Å². The first-order valence-corrected chi connectivity index (χ1v) is 6.03. The van der Waals surface area contributed by atoms with E-state index in [1.165, 1.54) is 13.3 Å². The van der Waals surface area contributed by atoms with Crippen molar-refractivity contribution in [3.63, 3.8) is 0 Å². The number of hydrogen-bond donors (Lipinski definition) is 1. The number of methoxy groups -OCH3 is 1. The summed E-state index contributed by atoms with van der Waals surface area (Å²) in [6.07, 6.45) is 1.52. The van der Waals surface area contributed by atoms with Gasteiger partial charge in [0.2, 0.25) is 0 Å². The number of aromatic nitrogens is 1. The maximum Gasteiger partial charge on any atom is 0.339 e. The van der Waals surface area contributed by atoms with E-state index >= 15 is 0 Å². The van der Waals surface area contributed by atoms with Crippen LogP contribution >= 0.6 is 11.3 Å². The number of hydrogen-bond acceptors (Lipinski definition) is 5. The monoisotopic (exact) mass is 248 g/mol. The molecule has 0 atom stereocenters. The van der Waals surface area contributed by atoms with Gasteiger partial charge in [0.25, 0.3) is 0 Å². The van der Waals surface area contributed by atoms with E-state index in [1.807, 2.05) is 22.9 Å². The van der Waals surface area contributed by atoms with Gasteiger partial charge in [-0.1, -0.05) is 0 Å². The lowest BCUT2D eigenvalue weighted by Gasteiger charge is -2.04. The third-order valence-electron chi connectivity index (χ3n) is 2.24. The van der Waals surface area contributed by atoms with Crippen molar-refractivity contribution < 1.29 is 9.53 Å². The molecule has 0 spiro atoms. The van der Waals surface area contributed by atoms with Crippen LogP contribution in [-0.2, 0) is 11.3 Å². The van der Waals surface area contributed by atoms with Crippen LogP contribution in [-0.4, -0.2) is 18.1 Å². The predicted octanol–water partition coefficient (Wildman–Crippen LogP) is 2.54. The molecule has 2 aromatic rings. The number of carbonyl (C=O) groups is 1. The fourth-order valence-corrected chi connectivity index (χ4v) is 1.94. The summed E-state index contributed by atoms with van der Waals surface area (Å²) in [5.41, 5.74) is 2.42. The van der Waals surface area contributed by atoms with E-state index in [-0.39, 0.29) is 5.97 Å². The molecule has 0 aliphatic rings. The van der Waals surface area contributed by atoms with Crippen LogP contribution in [0.3, 0.4) is 0 Å². The van der Waals surface area contributed by atoms with Gasteiger partial charge in [-0.15, -0.1) is 0 Å². The van der Waals surface area contributed by atoms with Crippen molar-refractivity contribution in [3.05, 3.63) is 46.4 Å². The lowest BCUT2D eigenvalue weighted by atomic mass is 10.2. The minimum atomic E-state index is -0.366. The zero-order valence-corrected chi connectivity index (χ0v) is 10.2. The summed E-state index contributed by atoms with van der Waals surface area (Å²) >= 11 is 1.64. The van der Waals surface area contributed by atoms with E-state index in [4.69, 9.17) is 0 Å². The maximum absolute atomic E-state index is 11.2. The molecular weight excluding hydrogens is 236 g/mol. The molecule has 4 nitrogen and oxygen atoms in total. The molecule has 1 N–H and O–H groups in total. The van der Waals surface area contributed by atoms with Gasteiger partial charge < -0.3 is 10.1 Å². The SMILES string of the molecule is COC(=O)c1ccc(CNc2ccsc2)nc1. The van der Waals surface area contributed by atoms with Gasteiger partial charge >= 0.3 is 5.97 Å². The second-order valence-electron chi connectivity index (χ2n) is 3.40. The summed E-state index contributed by atoms with van der Waals surface area (Å²) in [6, 6.07) is 5.53. The first-order chi connectivity index (χ1) is 8.29. The smallest absolute Gasteiger partial charge is 0.339 e. The highest BCUT2D eigenvalue weighted by atomic mass is 32.1. The number of pyridine rings is 1. The van der Waals surface area contributed by atoms with Crippen LogP contribution in [0.2, 0.25) is 0 Å². The predicted molar refractivity (Wildman–Crippen MR) is 67.2 cm³/mol. The summed E-state index contributed by atoms with van der Waals surface area (Å²) in [4.78, 5) is 15.4. The largest absolute Gasteiger partial charge is 0.465 e. The molecule has 0 bridgehead atoms. The highest BCUT2D eigenvalue weighted by Crippen LogP contribution is 2.12. The highest BCUT2D eigenvalue weighted by Gasteiger charge is 2.05. The van der Waals surface area contributed by atoms with E-state index in [0.717, 1.165) is 11.4 Å². The number of anilines is 1. The van der Waals surface area contributed by atoms with Crippen molar-refractivity contribution in [1.29, 1.82) is 0 Å². The molecule has 0 saturated heterocycles. The fraction of sp³-hybridized carbons (Fsp3) is 0.167. The summed E-state index contributed by atoms with van der Waals surface area (Å²) in [6.45, 7) is 0.637. The summed E-state index contributed by atoms with van der Waals surface area (Å²) < 4.78 is 4.60.